The van der Waals surface area contributed by atoms with Crippen molar-refractivity contribution in [1.82, 2.24) is 0 Å². The highest BCUT2D eigenvalue weighted by molar-refractivity contribution is 7.99. The third-order valence-electron chi connectivity index (χ3n) is 1.69. The first-order valence-corrected chi connectivity index (χ1v) is 5.06. The van der Waals surface area contributed by atoms with E-state index in [4.69, 9.17) is 0 Å². The topological polar surface area (TPSA) is 20.2 Å². The Morgan fingerprint density at radius 1 is 1.33 bits per heavy atom. The zero-order valence-corrected chi connectivity index (χ0v) is 8.53. The molecule has 1 N–H and O–H groups in total. The number of phenolic OH excluding ortho intramolecular Hbond substituents is 1. The van der Waals surface area contributed by atoms with E-state index < -0.39 is 0 Å². The maximum atomic E-state index is 9.58. The number of phenols is 1. The monoisotopic (exact) mass is 182 g/mol. The molecule has 0 aliphatic rings. The van der Waals surface area contributed by atoms with E-state index in [1.165, 1.54) is 5.56 Å². The van der Waals surface area contributed by atoms with Gasteiger partial charge in [-0.2, -0.15) is 0 Å². The maximum Gasteiger partial charge on any atom is 0.129 e. The van der Waals surface area contributed by atoms with Crippen molar-refractivity contribution in [3.63, 3.8) is 0 Å². The molecular formula is C10H14OS. The third-order valence-corrected chi connectivity index (χ3v) is 2.80. The number of benzene rings is 1. The first kappa shape index (κ1) is 9.46. The van der Waals surface area contributed by atoms with E-state index in [9.17, 15) is 5.11 Å². The number of thioether (sulfide) groups is 1. The lowest BCUT2D eigenvalue weighted by atomic mass is 10.1. The van der Waals surface area contributed by atoms with Gasteiger partial charge in [0.15, 0.2) is 0 Å². The molecule has 1 nitrogen and oxygen atoms in total. The van der Waals surface area contributed by atoms with Gasteiger partial charge in [-0.05, 0) is 36.8 Å². The van der Waals surface area contributed by atoms with Gasteiger partial charge in [0, 0.05) is 0 Å². The summed E-state index contributed by atoms with van der Waals surface area (Å²) in [7, 11) is 0. The molecule has 0 aliphatic heterocycles. The van der Waals surface area contributed by atoms with E-state index in [1.54, 1.807) is 11.8 Å². The average molecular weight is 182 g/mol. The molecule has 0 unspecified atom stereocenters. The summed E-state index contributed by atoms with van der Waals surface area (Å²) in [5, 5.41) is 9.58. The molecule has 0 bridgehead atoms. The minimum Gasteiger partial charge on any atom is -0.507 e. The second-order valence-corrected chi connectivity index (χ2v) is 4.14. The summed E-state index contributed by atoms with van der Waals surface area (Å²) in [6, 6.07) is 3.91. The second-order valence-electron chi connectivity index (χ2n) is 2.86. The molecule has 0 amide bonds. The first-order valence-electron chi connectivity index (χ1n) is 4.08. The van der Waals surface area contributed by atoms with Crippen LogP contribution in [0.1, 0.15) is 18.1 Å². The highest BCUT2D eigenvalue weighted by Gasteiger charge is 2.04. The summed E-state index contributed by atoms with van der Waals surface area (Å²) in [5.41, 5.74) is 2.28. The molecule has 0 spiro atoms. The van der Waals surface area contributed by atoms with Crippen LogP contribution in [0.4, 0.5) is 0 Å². The van der Waals surface area contributed by atoms with Crippen LogP contribution in [0.2, 0.25) is 0 Å². The molecule has 2 heteroatoms. The SMILES string of the molecule is CCSc1c(C)cc(C)cc1O. The van der Waals surface area contributed by atoms with Gasteiger partial charge in [-0.1, -0.05) is 13.0 Å². The Bertz CT molecular complexity index is 258. The minimum absolute atomic E-state index is 0.416. The molecule has 0 radical (unpaired) electrons. The van der Waals surface area contributed by atoms with Crippen LogP contribution in [-0.2, 0) is 0 Å². The number of aryl methyl sites for hydroxylation is 2. The van der Waals surface area contributed by atoms with Gasteiger partial charge in [0.05, 0.1) is 4.90 Å². The highest BCUT2D eigenvalue weighted by atomic mass is 32.2. The van der Waals surface area contributed by atoms with Crippen molar-refractivity contribution in [1.29, 1.82) is 0 Å². The summed E-state index contributed by atoms with van der Waals surface area (Å²) < 4.78 is 0. The Morgan fingerprint density at radius 2 is 2.00 bits per heavy atom. The Labute approximate surface area is 77.8 Å². The van der Waals surface area contributed by atoms with Gasteiger partial charge < -0.3 is 5.11 Å². The zero-order valence-electron chi connectivity index (χ0n) is 7.72. The van der Waals surface area contributed by atoms with Crippen LogP contribution in [0.3, 0.4) is 0 Å². The predicted molar refractivity (Wildman–Crippen MR) is 54.0 cm³/mol. The molecule has 0 fully saturated rings. The van der Waals surface area contributed by atoms with Crippen LogP contribution in [0, 0.1) is 13.8 Å². The Balaban J connectivity index is 3.10. The third kappa shape index (κ3) is 1.95. The largest absolute Gasteiger partial charge is 0.507 e. The van der Waals surface area contributed by atoms with E-state index in [0.29, 0.717) is 5.75 Å². The smallest absolute Gasteiger partial charge is 0.129 e. The van der Waals surface area contributed by atoms with Crippen molar-refractivity contribution < 1.29 is 5.11 Å². The molecule has 0 atom stereocenters. The van der Waals surface area contributed by atoms with Gasteiger partial charge in [-0.3, -0.25) is 0 Å². The summed E-state index contributed by atoms with van der Waals surface area (Å²) in [6.45, 7) is 6.11. The van der Waals surface area contributed by atoms with Gasteiger partial charge in [0.2, 0.25) is 0 Å². The van der Waals surface area contributed by atoms with E-state index in [0.717, 1.165) is 16.2 Å². The molecule has 1 rings (SSSR count). The van der Waals surface area contributed by atoms with E-state index in [-0.39, 0.29) is 0 Å². The van der Waals surface area contributed by atoms with Crippen LogP contribution in [0.25, 0.3) is 0 Å². The van der Waals surface area contributed by atoms with Gasteiger partial charge >= 0.3 is 0 Å². The average Bonchev–Trinajstić information content (AvgIpc) is 1.96. The molecule has 0 aromatic heterocycles. The number of aromatic hydroxyl groups is 1. The van der Waals surface area contributed by atoms with Crippen LogP contribution in [0.5, 0.6) is 5.75 Å². The van der Waals surface area contributed by atoms with Crippen LogP contribution >= 0.6 is 11.8 Å². The van der Waals surface area contributed by atoms with E-state index >= 15 is 0 Å². The van der Waals surface area contributed by atoms with Crippen LogP contribution in [-0.4, -0.2) is 10.9 Å². The molecule has 0 aliphatic carbocycles. The van der Waals surface area contributed by atoms with Crippen molar-refractivity contribution in [3.05, 3.63) is 23.3 Å². The lowest BCUT2D eigenvalue weighted by molar-refractivity contribution is 0.461. The van der Waals surface area contributed by atoms with E-state index in [2.05, 4.69) is 13.0 Å². The molecular weight excluding hydrogens is 168 g/mol. The van der Waals surface area contributed by atoms with Gasteiger partial charge in [0.25, 0.3) is 0 Å². The zero-order chi connectivity index (χ0) is 9.14. The summed E-state index contributed by atoms with van der Waals surface area (Å²) in [4.78, 5) is 1.02. The Kier molecular flexibility index (Phi) is 3.04. The molecule has 0 saturated heterocycles. The number of rotatable bonds is 2. The van der Waals surface area contributed by atoms with E-state index in [1.807, 2.05) is 19.9 Å². The Morgan fingerprint density at radius 3 is 2.50 bits per heavy atom. The molecule has 1 aromatic rings. The van der Waals surface area contributed by atoms with Gasteiger partial charge in [0.1, 0.15) is 5.75 Å². The van der Waals surface area contributed by atoms with Crippen molar-refractivity contribution in [2.45, 2.75) is 25.7 Å². The van der Waals surface area contributed by atoms with Gasteiger partial charge in [-0.15, -0.1) is 11.8 Å². The molecule has 0 saturated carbocycles. The van der Waals surface area contributed by atoms with Crippen molar-refractivity contribution in [2.24, 2.45) is 0 Å². The number of hydrogen-bond donors (Lipinski definition) is 1. The normalized spacial score (nSPS) is 10.2. The highest BCUT2D eigenvalue weighted by Crippen LogP contribution is 2.32. The fourth-order valence-corrected chi connectivity index (χ4v) is 2.05. The Hall–Kier alpha value is -0.630. The van der Waals surface area contributed by atoms with Crippen molar-refractivity contribution in [3.8, 4) is 5.75 Å². The fraction of sp³-hybridized carbons (Fsp3) is 0.400. The molecule has 66 valence electrons. The lowest BCUT2D eigenvalue weighted by Gasteiger charge is -2.07. The standard InChI is InChI=1S/C10H14OS/c1-4-12-10-8(3)5-7(2)6-9(10)11/h5-6,11H,4H2,1-3H3. The fourth-order valence-electron chi connectivity index (χ4n) is 1.26. The quantitative estimate of drug-likeness (QED) is 0.709. The molecule has 0 heterocycles. The minimum atomic E-state index is 0.416. The molecule has 12 heavy (non-hydrogen) atoms. The summed E-state index contributed by atoms with van der Waals surface area (Å²) >= 11 is 1.69. The van der Waals surface area contributed by atoms with Gasteiger partial charge in [-0.25, -0.2) is 0 Å². The molecule has 1 aromatic carbocycles. The van der Waals surface area contributed by atoms with Crippen molar-refractivity contribution >= 4 is 11.8 Å². The first-order chi connectivity index (χ1) is 5.65. The van der Waals surface area contributed by atoms with Crippen molar-refractivity contribution in [2.75, 3.05) is 5.75 Å². The lowest BCUT2D eigenvalue weighted by Crippen LogP contribution is -1.83. The van der Waals surface area contributed by atoms with Crippen LogP contribution < -0.4 is 0 Å². The maximum absolute atomic E-state index is 9.58. The number of hydrogen-bond acceptors (Lipinski definition) is 2. The summed E-state index contributed by atoms with van der Waals surface area (Å²) in [5.74, 6) is 1.41. The predicted octanol–water partition coefficient (Wildman–Crippen LogP) is 3.12. The van der Waals surface area contributed by atoms with Crippen LogP contribution in [0.15, 0.2) is 17.0 Å². The summed E-state index contributed by atoms with van der Waals surface area (Å²) in [6.07, 6.45) is 0. The second kappa shape index (κ2) is 3.85.